The fourth-order valence-electron chi connectivity index (χ4n) is 1.84. The molecule has 0 aliphatic carbocycles. The van der Waals surface area contributed by atoms with Crippen molar-refractivity contribution in [3.8, 4) is 0 Å². The number of anilines is 3. The van der Waals surface area contributed by atoms with E-state index in [-0.39, 0.29) is 0 Å². The van der Waals surface area contributed by atoms with E-state index in [0.29, 0.717) is 5.82 Å². The quantitative estimate of drug-likeness (QED) is 0.589. The second-order valence-corrected chi connectivity index (χ2v) is 5.46. The van der Waals surface area contributed by atoms with E-state index in [1.54, 1.807) is 0 Å². The van der Waals surface area contributed by atoms with Crippen LogP contribution in [0.3, 0.4) is 0 Å². The Hall–Kier alpha value is -1.66. The molecule has 0 aliphatic heterocycles. The van der Waals surface area contributed by atoms with Gasteiger partial charge in [0.15, 0.2) is 0 Å². The molecule has 0 saturated heterocycles. The summed E-state index contributed by atoms with van der Waals surface area (Å²) in [5.41, 5.74) is 5.67. The lowest BCUT2D eigenvalue weighted by Crippen LogP contribution is -2.14. The summed E-state index contributed by atoms with van der Waals surface area (Å²) in [7, 11) is 0. The lowest BCUT2D eigenvalue weighted by Gasteiger charge is -2.14. The Morgan fingerprint density at radius 3 is 2.55 bits per heavy atom. The van der Waals surface area contributed by atoms with Gasteiger partial charge in [0.1, 0.15) is 17.5 Å². The second kappa shape index (κ2) is 6.19. The van der Waals surface area contributed by atoms with Crippen LogP contribution in [0.2, 0.25) is 0 Å². The van der Waals surface area contributed by atoms with Gasteiger partial charge < -0.3 is 10.7 Å². The van der Waals surface area contributed by atoms with Gasteiger partial charge in [-0.2, -0.15) is 0 Å². The Morgan fingerprint density at radius 2 is 1.90 bits per heavy atom. The molecule has 0 saturated carbocycles. The minimum absolute atomic E-state index is 0.645. The third-order valence-corrected chi connectivity index (χ3v) is 3.59. The molecule has 2 aromatic rings. The Kier molecular flexibility index (Phi) is 4.57. The summed E-state index contributed by atoms with van der Waals surface area (Å²) in [5, 5.41) is 3.35. The van der Waals surface area contributed by atoms with Crippen molar-refractivity contribution in [1.29, 1.82) is 0 Å². The van der Waals surface area contributed by atoms with Gasteiger partial charge in [-0.1, -0.05) is 28.9 Å². The smallest absolute Gasteiger partial charge is 0.148 e. The first-order valence-electron chi connectivity index (χ1n) is 6.42. The van der Waals surface area contributed by atoms with E-state index < -0.39 is 0 Å². The van der Waals surface area contributed by atoms with Crippen molar-refractivity contribution in [2.75, 3.05) is 10.7 Å². The fourth-order valence-corrected chi connectivity index (χ4v) is 2.20. The van der Waals surface area contributed by atoms with Crippen LogP contribution in [0.5, 0.6) is 0 Å². The highest BCUT2D eigenvalue weighted by atomic mass is 79.9. The van der Waals surface area contributed by atoms with E-state index in [4.69, 9.17) is 5.84 Å². The zero-order chi connectivity index (χ0) is 14.7. The van der Waals surface area contributed by atoms with Crippen LogP contribution in [0.25, 0.3) is 0 Å². The Labute approximate surface area is 127 Å². The monoisotopic (exact) mass is 335 g/mol. The van der Waals surface area contributed by atoms with Gasteiger partial charge in [-0.15, -0.1) is 0 Å². The number of hydrogen-bond donors (Lipinski definition) is 3. The Balaban J connectivity index is 2.44. The van der Waals surface area contributed by atoms with Crippen LogP contribution in [-0.2, 0) is 6.42 Å². The number of aryl methyl sites for hydroxylation is 2. The van der Waals surface area contributed by atoms with Gasteiger partial charge in [0.2, 0.25) is 0 Å². The van der Waals surface area contributed by atoms with E-state index >= 15 is 0 Å². The molecule has 4 N–H and O–H groups in total. The van der Waals surface area contributed by atoms with E-state index in [0.717, 1.165) is 39.4 Å². The number of hydrazine groups is 1. The number of halogens is 1. The van der Waals surface area contributed by atoms with Crippen molar-refractivity contribution >= 4 is 33.3 Å². The number of rotatable bonds is 4. The number of nitrogens with zero attached hydrogens (tertiary/aromatic N) is 2. The average molecular weight is 336 g/mol. The maximum absolute atomic E-state index is 5.51. The van der Waals surface area contributed by atoms with E-state index in [2.05, 4.69) is 36.6 Å². The first-order chi connectivity index (χ1) is 9.55. The zero-order valence-corrected chi connectivity index (χ0v) is 13.4. The van der Waals surface area contributed by atoms with Crippen molar-refractivity contribution < 1.29 is 0 Å². The second-order valence-electron chi connectivity index (χ2n) is 4.54. The van der Waals surface area contributed by atoms with Crippen LogP contribution in [0.4, 0.5) is 17.3 Å². The number of nitrogen functional groups attached to an aromatic ring is 1. The van der Waals surface area contributed by atoms with Crippen LogP contribution in [0.15, 0.2) is 22.7 Å². The summed E-state index contributed by atoms with van der Waals surface area (Å²) in [6, 6.07) is 6.08. The van der Waals surface area contributed by atoms with Crippen LogP contribution in [0.1, 0.15) is 23.9 Å². The topological polar surface area (TPSA) is 75.9 Å². The minimum Gasteiger partial charge on any atom is -0.340 e. The number of aromatic nitrogens is 2. The standard InChI is InChI=1S/C14H18BrN5/c1-4-12-18-13(9(3)14(19-12)20-16)17-11-7-10(15)6-5-8(11)2/h5-7H,4,16H2,1-3H3,(H2,17,18,19,20). The molecule has 0 radical (unpaired) electrons. The fraction of sp³-hybridized carbons (Fsp3) is 0.286. The van der Waals surface area contributed by atoms with Crippen molar-refractivity contribution in [3.05, 3.63) is 39.6 Å². The van der Waals surface area contributed by atoms with E-state index in [1.165, 1.54) is 0 Å². The molecule has 0 atom stereocenters. The first-order valence-corrected chi connectivity index (χ1v) is 7.21. The van der Waals surface area contributed by atoms with Crippen LogP contribution in [-0.4, -0.2) is 9.97 Å². The van der Waals surface area contributed by atoms with Gasteiger partial charge >= 0.3 is 0 Å². The highest BCUT2D eigenvalue weighted by molar-refractivity contribution is 9.10. The van der Waals surface area contributed by atoms with Crippen molar-refractivity contribution in [2.45, 2.75) is 27.2 Å². The predicted octanol–water partition coefficient (Wildman–Crippen LogP) is 3.45. The van der Waals surface area contributed by atoms with Crippen LogP contribution >= 0.6 is 15.9 Å². The van der Waals surface area contributed by atoms with E-state index in [1.807, 2.05) is 39.0 Å². The Bertz CT molecular complexity index is 627. The molecule has 5 nitrogen and oxygen atoms in total. The highest BCUT2D eigenvalue weighted by Gasteiger charge is 2.10. The largest absolute Gasteiger partial charge is 0.340 e. The molecule has 0 unspecified atom stereocenters. The molecule has 0 aliphatic rings. The summed E-state index contributed by atoms with van der Waals surface area (Å²) in [5.74, 6) is 7.68. The molecule has 1 heterocycles. The summed E-state index contributed by atoms with van der Waals surface area (Å²) in [4.78, 5) is 8.89. The molecule has 0 spiro atoms. The van der Waals surface area contributed by atoms with Gasteiger partial charge in [0, 0.05) is 22.1 Å². The third-order valence-electron chi connectivity index (χ3n) is 3.10. The molecule has 1 aromatic carbocycles. The molecule has 2 rings (SSSR count). The summed E-state index contributed by atoms with van der Waals surface area (Å²) < 4.78 is 1.02. The molecule has 1 aromatic heterocycles. The summed E-state index contributed by atoms with van der Waals surface area (Å²) in [6.07, 6.45) is 0.751. The molecule has 0 bridgehead atoms. The van der Waals surface area contributed by atoms with Crippen molar-refractivity contribution in [2.24, 2.45) is 5.84 Å². The summed E-state index contributed by atoms with van der Waals surface area (Å²) >= 11 is 3.48. The van der Waals surface area contributed by atoms with Crippen LogP contribution in [0, 0.1) is 13.8 Å². The SMILES string of the molecule is CCc1nc(NN)c(C)c(Nc2cc(Br)ccc2C)n1. The number of nitrogens with one attached hydrogen (secondary N) is 2. The third kappa shape index (κ3) is 3.08. The van der Waals surface area contributed by atoms with Gasteiger partial charge in [-0.3, -0.25) is 0 Å². The van der Waals surface area contributed by atoms with Gasteiger partial charge in [-0.05, 0) is 31.5 Å². The molecule has 0 amide bonds. The molecule has 0 fully saturated rings. The van der Waals surface area contributed by atoms with Crippen LogP contribution < -0.4 is 16.6 Å². The molecular formula is C14H18BrN5. The van der Waals surface area contributed by atoms with Gasteiger partial charge in [0.25, 0.3) is 0 Å². The lowest BCUT2D eigenvalue weighted by molar-refractivity contribution is 0.932. The van der Waals surface area contributed by atoms with Crippen molar-refractivity contribution in [1.82, 2.24) is 9.97 Å². The van der Waals surface area contributed by atoms with E-state index in [9.17, 15) is 0 Å². The first kappa shape index (κ1) is 14.7. The predicted molar refractivity (Wildman–Crippen MR) is 86.1 cm³/mol. The normalized spacial score (nSPS) is 10.4. The summed E-state index contributed by atoms with van der Waals surface area (Å²) in [6.45, 7) is 6.00. The molecule has 20 heavy (non-hydrogen) atoms. The number of hydrogen-bond acceptors (Lipinski definition) is 5. The lowest BCUT2D eigenvalue weighted by atomic mass is 10.2. The zero-order valence-electron chi connectivity index (χ0n) is 11.8. The molecule has 106 valence electrons. The molecular weight excluding hydrogens is 318 g/mol. The maximum Gasteiger partial charge on any atom is 0.148 e. The minimum atomic E-state index is 0.645. The molecule has 6 heteroatoms. The van der Waals surface area contributed by atoms with Gasteiger partial charge in [-0.25, -0.2) is 15.8 Å². The van der Waals surface area contributed by atoms with Crippen molar-refractivity contribution in [3.63, 3.8) is 0 Å². The number of benzene rings is 1. The average Bonchev–Trinajstić information content (AvgIpc) is 2.45. The van der Waals surface area contributed by atoms with Gasteiger partial charge in [0.05, 0.1) is 0 Å². The Morgan fingerprint density at radius 1 is 1.20 bits per heavy atom. The number of nitrogens with two attached hydrogens (primary N) is 1. The highest BCUT2D eigenvalue weighted by Crippen LogP contribution is 2.27. The maximum atomic E-state index is 5.51.